The Bertz CT molecular complexity index is 1730. The van der Waals surface area contributed by atoms with Gasteiger partial charge in [-0.1, -0.05) is 84.4 Å². The number of carbonyl (C=O) groups excluding carboxylic acids is 3. The molecule has 4 atom stereocenters. The summed E-state index contributed by atoms with van der Waals surface area (Å²) in [5.74, 6) is -1.75. The number of halogens is 1. The maximum Gasteiger partial charge on any atom is 0.238 e. The lowest BCUT2D eigenvalue weighted by Crippen LogP contribution is -2.51. The van der Waals surface area contributed by atoms with Gasteiger partial charge in [-0.15, -0.1) is 0 Å². The lowest BCUT2D eigenvalue weighted by molar-refractivity contribution is -0.121. The SMILES string of the molecule is CC1=C[C@H]2N(c3ccccc31)[C@@H](C(=O)c1ccccc1)[C@@H](C(=O)c1ccc(Cl)cc1)[C@]21C(=O)Nc2ccccc21. The molecule has 196 valence electrons. The van der Waals surface area contributed by atoms with Crippen molar-refractivity contribution < 1.29 is 14.4 Å². The number of nitrogens with zero attached hydrogens (tertiary/aromatic N) is 1. The minimum Gasteiger partial charge on any atom is -0.352 e. The van der Waals surface area contributed by atoms with Crippen LogP contribution in [0.1, 0.15) is 38.8 Å². The summed E-state index contributed by atoms with van der Waals surface area (Å²) in [6.07, 6.45) is 2.06. The number of benzene rings is 4. The molecule has 0 bridgehead atoms. The van der Waals surface area contributed by atoms with Crippen molar-refractivity contribution in [1.82, 2.24) is 0 Å². The fraction of sp³-hybridized carbons (Fsp3) is 0.147. The summed E-state index contributed by atoms with van der Waals surface area (Å²) in [6.45, 7) is 2.02. The summed E-state index contributed by atoms with van der Waals surface area (Å²) in [7, 11) is 0. The second-order valence-electron chi connectivity index (χ2n) is 10.6. The largest absolute Gasteiger partial charge is 0.352 e. The van der Waals surface area contributed by atoms with Crippen molar-refractivity contribution in [2.24, 2.45) is 5.92 Å². The van der Waals surface area contributed by atoms with Crippen LogP contribution < -0.4 is 10.2 Å². The molecule has 6 heteroatoms. The lowest BCUT2D eigenvalue weighted by Gasteiger charge is -2.39. The van der Waals surface area contributed by atoms with Gasteiger partial charge in [0.2, 0.25) is 5.91 Å². The van der Waals surface area contributed by atoms with Gasteiger partial charge in [0, 0.05) is 33.1 Å². The third-order valence-electron chi connectivity index (χ3n) is 8.62. The second kappa shape index (κ2) is 9.04. The fourth-order valence-corrected chi connectivity index (χ4v) is 7.08. The first kappa shape index (κ1) is 24.6. The third kappa shape index (κ3) is 3.31. The van der Waals surface area contributed by atoms with Crippen LogP contribution in [0.3, 0.4) is 0 Å². The van der Waals surface area contributed by atoms with E-state index in [1.807, 2.05) is 78.6 Å². The zero-order valence-electron chi connectivity index (χ0n) is 21.7. The van der Waals surface area contributed by atoms with Gasteiger partial charge in [-0.05, 0) is 54.5 Å². The van der Waals surface area contributed by atoms with Crippen LogP contribution in [0.5, 0.6) is 0 Å². The van der Waals surface area contributed by atoms with Crippen LogP contribution in [-0.2, 0) is 10.2 Å². The number of ketones is 2. The highest BCUT2D eigenvalue weighted by molar-refractivity contribution is 6.30. The van der Waals surface area contributed by atoms with E-state index < -0.39 is 23.4 Å². The van der Waals surface area contributed by atoms with Gasteiger partial charge in [0.25, 0.3) is 0 Å². The van der Waals surface area contributed by atoms with Crippen LogP contribution in [0, 0.1) is 5.92 Å². The molecule has 4 aromatic rings. The van der Waals surface area contributed by atoms with Gasteiger partial charge >= 0.3 is 0 Å². The average Bonchev–Trinajstić information content (AvgIpc) is 3.45. The Labute approximate surface area is 237 Å². The zero-order chi connectivity index (χ0) is 27.6. The molecule has 4 aromatic carbocycles. The van der Waals surface area contributed by atoms with Crippen molar-refractivity contribution in [1.29, 1.82) is 0 Å². The number of rotatable bonds is 4. The minimum atomic E-state index is -1.34. The molecule has 1 saturated heterocycles. The van der Waals surface area contributed by atoms with Crippen LogP contribution in [0.4, 0.5) is 11.4 Å². The monoisotopic (exact) mass is 544 g/mol. The average molecular weight is 545 g/mol. The number of nitrogens with one attached hydrogen (secondary N) is 1. The van der Waals surface area contributed by atoms with Gasteiger partial charge in [-0.3, -0.25) is 14.4 Å². The number of carbonyl (C=O) groups is 3. The van der Waals surface area contributed by atoms with Gasteiger partial charge < -0.3 is 10.2 Å². The van der Waals surface area contributed by atoms with Crippen molar-refractivity contribution in [3.63, 3.8) is 0 Å². The van der Waals surface area contributed by atoms with E-state index in [2.05, 4.69) is 11.4 Å². The molecule has 0 saturated carbocycles. The first-order valence-corrected chi connectivity index (χ1v) is 13.7. The highest BCUT2D eigenvalue weighted by atomic mass is 35.5. The molecule has 1 amide bonds. The second-order valence-corrected chi connectivity index (χ2v) is 11.0. The van der Waals surface area contributed by atoms with Crippen LogP contribution in [0.15, 0.2) is 109 Å². The van der Waals surface area contributed by atoms with Crippen molar-refractivity contribution in [3.8, 4) is 0 Å². The van der Waals surface area contributed by atoms with E-state index in [1.165, 1.54) is 0 Å². The molecule has 40 heavy (non-hydrogen) atoms. The molecule has 3 aliphatic heterocycles. The Morgan fingerprint density at radius 2 is 1.45 bits per heavy atom. The summed E-state index contributed by atoms with van der Waals surface area (Å²) in [5, 5.41) is 3.57. The maximum absolute atomic E-state index is 14.7. The highest BCUT2D eigenvalue weighted by Crippen LogP contribution is 2.58. The Morgan fingerprint density at radius 3 is 2.23 bits per heavy atom. The Morgan fingerprint density at radius 1 is 0.800 bits per heavy atom. The van der Waals surface area contributed by atoms with Gasteiger partial charge in [0.1, 0.15) is 11.5 Å². The summed E-state index contributed by atoms with van der Waals surface area (Å²) in [5.41, 5.74) is 3.78. The molecule has 0 aromatic heterocycles. The number of amides is 1. The van der Waals surface area contributed by atoms with Gasteiger partial charge in [0.15, 0.2) is 11.6 Å². The molecule has 0 unspecified atom stereocenters. The molecule has 7 rings (SSSR count). The van der Waals surface area contributed by atoms with Crippen LogP contribution in [0.2, 0.25) is 5.02 Å². The Hall–Kier alpha value is -4.48. The van der Waals surface area contributed by atoms with E-state index in [0.29, 0.717) is 21.8 Å². The van der Waals surface area contributed by atoms with Crippen molar-refractivity contribution >= 4 is 46.0 Å². The zero-order valence-corrected chi connectivity index (χ0v) is 22.4. The normalized spacial score (nSPS) is 24.1. The molecule has 0 aliphatic carbocycles. The number of hydrogen-bond donors (Lipinski definition) is 1. The molecule has 1 fully saturated rings. The quantitative estimate of drug-likeness (QED) is 0.294. The van der Waals surface area contributed by atoms with Gasteiger partial charge in [-0.25, -0.2) is 0 Å². The number of hydrogen-bond acceptors (Lipinski definition) is 4. The Balaban J connectivity index is 1.56. The molecule has 1 N–H and O–H groups in total. The highest BCUT2D eigenvalue weighted by Gasteiger charge is 2.70. The predicted molar refractivity (Wildman–Crippen MR) is 157 cm³/mol. The van der Waals surface area contributed by atoms with Crippen molar-refractivity contribution in [2.45, 2.75) is 24.4 Å². The van der Waals surface area contributed by atoms with Gasteiger partial charge in [0.05, 0.1) is 12.0 Å². The van der Waals surface area contributed by atoms with Crippen molar-refractivity contribution in [2.75, 3.05) is 10.2 Å². The lowest BCUT2D eigenvalue weighted by atomic mass is 9.64. The Kier molecular flexibility index (Phi) is 5.55. The third-order valence-corrected chi connectivity index (χ3v) is 8.87. The van der Waals surface area contributed by atoms with Crippen molar-refractivity contribution in [3.05, 3.63) is 136 Å². The fourth-order valence-electron chi connectivity index (χ4n) is 6.95. The maximum atomic E-state index is 14.7. The number of allylic oxidation sites excluding steroid dienone is 1. The topological polar surface area (TPSA) is 66.5 Å². The standard InChI is InChI=1S/C34H25ClN2O3/c1-20-19-28-34(25-12-6-7-13-26(25)36-33(34)40)29(31(38)22-15-17-23(35)18-16-22)30(32(39)21-9-3-2-4-10-21)37(28)27-14-8-5-11-24(20)27/h2-19,28-30H,1H3,(H,36,40)/t28-,29+,30-,34-/m1/s1. The number of para-hydroxylation sites is 2. The minimum absolute atomic E-state index is 0.199. The first-order chi connectivity index (χ1) is 19.4. The number of fused-ring (bicyclic) bond motifs is 6. The summed E-state index contributed by atoms with van der Waals surface area (Å²) in [6, 6.07) is 29.6. The molecule has 5 nitrogen and oxygen atoms in total. The molecule has 0 radical (unpaired) electrons. The van der Waals surface area contributed by atoms with Gasteiger partial charge in [-0.2, -0.15) is 0 Å². The molecular formula is C34H25ClN2O3. The van der Waals surface area contributed by atoms with E-state index >= 15 is 0 Å². The number of Topliss-reactive ketones (excluding diaryl/α,β-unsaturated/α-hetero) is 2. The summed E-state index contributed by atoms with van der Waals surface area (Å²) in [4.78, 5) is 45.7. The van der Waals surface area contributed by atoms with Crippen LogP contribution in [0.25, 0.3) is 5.57 Å². The summed E-state index contributed by atoms with van der Waals surface area (Å²) >= 11 is 6.17. The van der Waals surface area contributed by atoms with Crippen LogP contribution >= 0.6 is 11.6 Å². The number of anilines is 2. The van der Waals surface area contributed by atoms with E-state index in [1.54, 1.807) is 36.4 Å². The molecule has 1 spiro atoms. The predicted octanol–water partition coefficient (Wildman–Crippen LogP) is 6.59. The smallest absolute Gasteiger partial charge is 0.238 e. The summed E-state index contributed by atoms with van der Waals surface area (Å²) < 4.78 is 0. The van der Waals surface area contributed by atoms with E-state index in [-0.39, 0.29) is 17.5 Å². The molecule has 3 aliphatic rings. The molecular weight excluding hydrogens is 520 g/mol. The van der Waals surface area contributed by atoms with E-state index in [0.717, 1.165) is 22.4 Å². The van der Waals surface area contributed by atoms with E-state index in [4.69, 9.17) is 11.6 Å². The van der Waals surface area contributed by atoms with Crippen LogP contribution in [-0.4, -0.2) is 29.6 Å². The molecule has 3 heterocycles. The first-order valence-electron chi connectivity index (χ1n) is 13.3. The van der Waals surface area contributed by atoms with E-state index in [9.17, 15) is 14.4 Å².